The zero-order chi connectivity index (χ0) is 11.9. The van der Waals surface area contributed by atoms with Crippen LogP contribution in [0.2, 0.25) is 0 Å². The highest BCUT2D eigenvalue weighted by atomic mass is 15.3. The van der Waals surface area contributed by atoms with Gasteiger partial charge in [0.2, 0.25) is 0 Å². The van der Waals surface area contributed by atoms with Gasteiger partial charge in [-0.25, -0.2) is 0 Å². The lowest BCUT2D eigenvalue weighted by Gasteiger charge is -2.15. The molecule has 1 aromatic rings. The van der Waals surface area contributed by atoms with Crippen molar-refractivity contribution in [2.45, 2.75) is 60.9 Å². The summed E-state index contributed by atoms with van der Waals surface area (Å²) >= 11 is 0. The highest BCUT2D eigenvalue weighted by molar-refractivity contribution is 5.01. The zero-order valence-electron chi connectivity index (χ0n) is 11.2. The molecule has 0 aromatic carbocycles. The van der Waals surface area contributed by atoms with Gasteiger partial charge in [-0.3, -0.25) is 4.68 Å². The molecule has 0 aliphatic rings. The third-order valence-electron chi connectivity index (χ3n) is 1.86. The van der Waals surface area contributed by atoms with E-state index in [0.717, 1.165) is 19.4 Å². The minimum Gasteiger partial charge on any atom is -0.273 e. The number of aromatic nitrogens is 2. The molecule has 0 unspecified atom stereocenters. The maximum atomic E-state index is 4.50. The molecule has 0 fully saturated rings. The molecule has 0 bridgehead atoms. The van der Waals surface area contributed by atoms with Gasteiger partial charge in [0.05, 0.1) is 5.69 Å². The first-order valence-corrected chi connectivity index (χ1v) is 6.03. The molecule has 0 aliphatic carbocycles. The molecule has 1 aromatic heterocycles. The molecule has 0 spiro atoms. The molecule has 15 heavy (non-hydrogen) atoms. The third kappa shape index (κ3) is 6.32. The van der Waals surface area contributed by atoms with Gasteiger partial charge in [0.15, 0.2) is 0 Å². The summed E-state index contributed by atoms with van der Waals surface area (Å²) in [6, 6.07) is 2.13. The number of hydrogen-bond donors (Lipinski definition) is 0. The summed E-state index contributed by atoms with van der Waals surface area (Å²) < 4.78 is 2.03. The molecule has 0 saturated heterocycles. The quantitative estimate of drug-likeness (QED) is 0.739. The number of aryl methyl sites for hydroxylation is 1. The van der Waals surface area contributed by atoms with E-state index in [-0.39, 0.29) is 0 Å². The van der Waals surface area contributed by atoms with Gasteiger partial charge in [-0.05, 0) is 24.3 Å². The van der Waals surface area contributed by atoms with E-state index in [1.165, 1.54) is 5.69 Å². The van der Waals surface area contributed by atoms with Crippen molar-refractivity contribution >= 4 is 0 Å². The lowest BCUT2D eigenvalue weighted by molar-refractivity contribution is 0.403. The molecule has 0 radical (unpaired) electrons. The predicted octanol–water partition coefficient (Wildman–Crippen LogP) is 3.91. The molecule has 1 heterocycles. The number of nitrogens with zero attached hydrogens (tertiary/aromatic N) is 2. The van der Waals surface area contributed by atoms with E-state index in [1.807, 2.05) is 18.5 Å². The monoisotopic (exact) mass is 210 g/mol. The van der Waals surface area contributed by atoms with E-state index in [1.54, 1.807) is 0 Å². The Morgan fingerprint density at radius 1 is 1.27 bits per heavy atom. The van der Waals surface area contributed by atoms with Crippen LogP contribution in [0.1, 0.15) is 53.7 Å². The van der Waals surface area contributed by atoms with Crippen molar-refractivity contribution in [1.82, 2.24) is 9.78 Å². The smallest absolute Gasteiger partial charge is 0.0629 e. The molecular formula is C13H26N2. The van der Waals surface area contributed by atoms with Crippen LogP contribution in [0.3, 0.4) is 0 Å². The standard InChI is InChI=1S/C11H20N2.C2H6/c1-5-7-13-8-6-10(12-13)9-11(2,3)4;1-2/h6,8H,5,7,9H2,1-4H3;1-2H3. The summed E-state index contributed by atoms with van der Waals surface area (Å²) in [5.41, 5.74) is 1.55. The normalized spacial score (nSPS) is 10.8. The Morgan fingerprint density at radius 2 is 1.87 bits per heavy atom. The first-order chi connectivity index (χ1) is 7.01. The molecule has 0 amide bonds. The van der Waals surface area contributed by atoms with Crippen LogP contribution >= 0.6 is 0 Å². The van der Waals surface area contributed by atoms with Crippen LogP contribution in [0.15, 0.2) is 12.3 Å². The fraction of sp³-hybridized carbons (Fsp3) is 0.769. The highest BCUT2D eigenvalue weighted by Crippen LogP contribution is 2.18. The Kier molecular flexibility index (Phi) is 6.30. The fourth-order valence-corrected chi connectivity index (χ4v) is 1.39. The van der Waals surface area contributed by atoms with Crippen LogP contribution in [0, 0.1) is 5.41 Å². The summed E-state index contributed by atoms with van der Waals surface area (Å²) in [7, 11) is 0. The Labute approximate surface area is 94.7 Å². The summed E-state index contributed by atoms with van der Waals surface area (Å²) in [4.78, 5) is 0. The lowest BCUT2D eigenvalue weighted by Crippen LogP contribution is -2.10. The molecule has 0 aliphatic heterocycles. The van der Waals surface area contributed by atoms with E-state index < -0.39 is 0 Å². The average Bonchev–Trinajstić information content (AvgIpc) is 2.54. The van der Waals surface area contributed by atoms with Gasteiger partial charge in [-0.15, -0.1) is 0 Å². The zero-order valence-corrected chi connectivity index (χ0v) is 11.2. The third-order valence-corrected chi connectivity index (χ3v) is 1.86. The summed E-state index contributed by atoms with van der Waals surface area (Å²) in [5.74, 6) is 0. The minimum absolute atomic E-state index is 0.339. The van der Waals surface area contributed by atoms with Gasteiger partial charge in [-0.2, -0.15) is 5.10 Å². The number of rotatable bonds is 3. The van der Waals surface area contributed by atoms with Crippen LogP contribution in [0.25, 0.3) is 0 Å². The van der Waals surface area contributed by atoms with Crippen molar-refractivity contribution in [2.75, 3.05) is 0 Å². The van der Waals surface area contributed by atoms with Crippen molar-refractivity contribution in [3.63, 3.8) is 0 Å². The Balaban J connectivity index is 0.000000921. The van der Waals surface area contributed by atoms with Crippen molar-refractivity contribution in [1.29, 1.82) is 0 Å². The van der Waals surface area contributed by atoms with Crippen LogP contribution in [-0.2, 0) is 13.0 Å². The Morgan fingerprint density at radius 3 is 2.33 bits per heavy atom. The predicted molar refractivity (Wildman–Crippen MR) is 67.0 cm³/mol. The second kappa shape index (κ2) is 6.65. The van der Waals surface area contributed by atoms with Crippen molar-refractivity contribution in [2.24, 2.45) is 5.41 Å². The summed E-state index contributed by atoms with van der Waals surface area (Å²) in [5, 5.41) is 4.50. The molecule has 1 rings (SSSR count). The first kappa shape index (κ1) is 14.2. The van der Waals surface area contributed by atoms with E-state index in [0.29, 0.717) is 5.41 Å². The second-order valence-electron chi connectivity index (χ2n) is 4.81. The first-order valence-electron chi connectivity index (χ1n) is 6.03. The van der Waals surface area contributed by atoms with Crippen molar-refractivity contribution in [3.8, 4) is 0 Å². The van der Waals surface area contributed by atoms with Gasteiger partial charge in [0, 0.05) is 12.7 Å². The van der Waals surface area contributed by atoms with Crippen molar-refractivity contribution < 1.29 is 0 Å². The van der Waals surface area contributed by atoms with Gasteiger partial charge in [0.25, 0.3) is 0 Å². The summed E-state index contributed by atoms with van der Waals surface area (Å²) in [6.07, 6.45) is 4.28. The minimum atomic E-state index is 0.339. The van der Waals surface area contributed by atoms with Crippen molar-refractivity contribution in [3.05, 3.63) is 18.0 Å². The van der Waals surface area contributed by atoms with Gasteiger partial charge in [-0.1, -0.05) is 41.5 Å². The van der Waals surface area contributed by atoms with Crippen LogP contribution in [-0.4, -0.2) is 9.78 Å². The van der Waals surface area contributed by atoms with Crippen LogP contribution in [0.5, 0.6) is 0 Å². The maximum absolute atomic E-state index is 4.50. The number of hydrogen-bond acceptors (Lipinski definition) is 1. The molecule has 0 atom stereocenters. The highest BCUT2D eigenvalue weighted by Gasteiger charge is 2.12. The molecule has 2 nitrogen and oxygen atoms in total. The van der Waals surface area contributed by atoms with Crippen LogP contribution < -0.4 is 0 Å². The molecule has 0 saturated carbocycles. The maximum Gasteiger partial charge on any atom is 0.0629 e. The average molecular weight is 210 g/mol. The van der Waals surface area contributed by atoms with Gasteiger partial charge in [0.1, 0.15) is 0 Å². The van der Waals surface area contributed by atoms with E-state index in [2.05, 4.69) is 45.1 Å². The summed E-state index contributed by atoms with van der Waals surface area (Å²) in [6.45, 7) is 13.9. The Hall–Kier alpha value is -0.790. The topological polar surface area (TPSA) is 17.8 Å². The van der Waals surface area contributed by atoms with Gasteiger partial charge < -0.3 is 0 Å². The molecule has 88 valence electrons. The second-order valence-corrected chi connectivity index (χ2v) is 4.81. The SMILES string of the molecule is CC.CCCn1ccc(CC(C)(C)C)n1. The van der Waals surface area contributed by atoms with Gasteiger partial charge >= 0.3 is 0 Å². The van der Waals surface area contributed by atoms with E-state index in [4.69, 9.17) is 0 Å². The van der Waals surface area contributed by atoms with E-state index >= 15 is 0 Å². The largest absolute Gasteiger partial charge is 0.273 e. The van der Waals surface area contributed by atoms with Crippen LogP contribution in [0.4, 0.5) is 0 Å². The Bertz CT molecular complexity index is 256. The van der Waals surface area contributed by atoms with E-state index in [9.17, 15) is 0 Å². The fourth-order valence-electron chi connectivity index (χ4n) is 1.39. The molecule has 2 heteroatoms. The molecule has 0 N–H and O–H groups in total. The molecular weight excluding hydrogens is 184 g/mol. The lowest BCUT2D eigenvalue weighted by atomic mass is 9.91.